The number of thiophene rings is 1. The van der Waals surface area contributed by atoms with Crippen LogP contribution < -0.4 is 0 Å². The molecule has 0 spiro atoms. The summed E-state index contributed by atoms with van der Waals surface area (Å²) in [6, 6.07) is 10.0. The number of rotatable bonds is 4. The highest BCUT2D eigenvalue weighted by atomic mass is 32.1. The van der Waals surface area contributed by atoms with Crippen LogP contribution in [0.4, 0.5) is 0 Å². The molecule has 0 saturated heterocycles. The molecule has 0 unspecified atom stereocenters. The molecular weight excluding hydrogens is 432 g/mol. The van der Waals surface area contributed by atoms with Gasteiger partial charge in [-0.1, -0.05) is 0 Å². The van der Waals surface area contributed by atoms with Crippen LogP contribution in [0.15, 0.2) is 61.3 Å². The van der Waals surface area contributed by atoms with Crippen LogP contribution in [0.25, 0.3) is 54.9 Å². The fourth-order valence-electron chi connectivity index (χ4n) is 4.07. The van der Waals surface area contributed by atoms with Gasteiger partial charge in [0.2, 0.25) is 0 Å². The first-order valence-corrected chi connectivity index (χ1v) is 11.2. The summed E-state index contributed by atoms with van der Waals surface area (Å²) in [5.74, 6) is 0.0669. The zero-order valence-electron chi connectivity index (χ0n) is 17.9. The normalized spacial score (nSPS) is 11.5. The summed E-state index contributed by atoms with van der Waals surface area (Å²) in [4.78, 5) is 30.2. The monoisotopic (exact) mass is 450 g/mol. The molecular formula is C25H18N6OS. The highest BCUT2D eigenvalue weighted by molar-refractivity contribution is 7.17. The van der Waals surface area contributed by atoms with Gasteiger partial charge in [0.1, 0.15) is 0 Å². The summed E-state index contributed by atoms with van der Waals surface area (Å²) in [5, 5.41) is 9.50. The van der Waals surface area contributed by atoms with Crippen molar-refractivity contribution in [3.8, 4) is 33.0 Å². The molecule has 0 aliphatic rings. The van der Waals surface area contributed by atoms with E-state index in [9.17, 15) is 4.79 Å². The minimum Gasteiger partial charge on any atom is -0.352 e. The lowest BCUT2D eigenvalue weighted by atomic mass is 10.0. The van der Waals surface area contributed by atoms with E-state index in [4.69, 9.17) is 0 Å². The largest absolute Gasteiger partial charge is 0.352 e. The highest BCUT2D eigenvalue weighted by Crippen LogP contribution is 2.36. The number of pyridine rings is 3. The average molecular weight is 451 g/mol. The number of hydrogen-bond donors (Lipinski definition) is 2. The van der Waals surface area contributed by atoms with Gasteiger partial charge >= 0.3 is 0 Å². The lowest BCUT2D eigenvalue weighted by Crippen LogP contribution is -1.87. The quantitative estimate of drug-likeness (QED) is 0.331. The van der Waals surface area contributed by atoms with Crippen molar-refractivity contribution in [2.75, 3.05) is 0 Å². The summed E-state index contributed by atoms with van der Waals surface area (Å²) >= 11 is 1.48. The standard InChI is InChI=1S/C25H18N6OS/c1-13-5-6-26-10-18(13)15-7-17-24(30-31-25(17)28-9-15)20-8-16-19(11-27-12-21(16)29-20)23-4-3-22(33-23)14(2)32/h3-12,29H,1-2H3,(H,28,30,31). The Kier molecular flexibility index (Phi) is 4.41. The van der Waals surface area contributed by atoms with E-state index in [0.717, 1.165) is 59.7 Å². The molecule has 2 N–H and O–H groups in total. The van der Waals surface area contributed by atoms with Gasteiger partial charge in [-0.15, -0.1) is 11.3 Å². The summed E-state index contributed by atoms with van der Waals surface area (Å²) in [5.41, 5.74) is 7.47. The van der Waals surface area contributed by atoms with E-state index in [1.807, 2.05) is 43.0 Å². The molecule has 6 rings (SSSR count). The predicted molar refractivity (Wildman–Crippen MR) is 130 cm³/mol. The molecule has 7 nitrogen and oxygen atoms in total. The molecule has 6 aromatic rings. The number of ketones is 1. The Morgan fingerprint density at radius 3 is 2.67 bits per heavy atom. The Hall–Kier alpha value is -4.17. The molecule has 0 radical (unpaired) electrons. The Bertz CT molecular complexity index is 1680. The molecule has 33 heavy (non-hydrogen) atoms. The summed E-state index contributed by atoms with van der Waals surface area (Å²) in [6.45, 7) is 3.65. The SMILES string of the molecule is CC(=O)c1ccc(-c2cncc3[nH]c(-c4[nH]nc5ncc(-c6cnccc6C)cc45)cc23)s1. The lowest BCUT2D eigenvalue weighted by molar-refractivity contribution is 0.102. The maximum Gasteiger partial charge on any atom is 0.181 e. The summed E-state index contributed by atoms with van der Waals surface area (Å²) < 4.78 is 0. The minimum atomic E-state index is 0.0669. The molecule has 0 fully saturated rings. The third kappa shape index (κ3) is 3.23. The second-order valence-electron chi connectivity index (χ2n) is 7.94. The Labute approximate surface area is 192 Å². The second-order valence-corrected chi connectivity index (χ2v) is 9.02. The van der Waals surface area contributed by atoms with Crippen LogP contribution in [0.1, 0.15) is 22.2 Å². The first-order valence-electron chi connectivity index (χ1n) is 10.4. The molecule has 6 aromatic heterocycles. The van der Waals surface area contributed by atoms with Crippen molar-refractivity contribution in [3.63, 3.8) is 0 Å². The van der Waals surface area contributed by atoms with Gasteiger partial charge in [-0.3, -0.25) is 19.9 Å². The van der Waals surface area contributed by atoms with E-state index in [1.54, 1.807) is 13.1 Å². The molecule has 0 amide bonds. The fourth-order valence-corrected chi connectivity index (χ4v) is 5.00. The summed E-state index contributed by atoms with van der Waals surface area (Å²) in [6.07, 6.45) is 9.12. The molecule has 6 heterocycles. The van der Waals surface area contributed by atoms with Crippen LogP contribution in [-0.2, 0) is 0 Å². The van der Waals surface area contributed by atoms with Crippen LogP contribution >= 0.6 is 11.3 Å². The number of hydrogen-bond acceptors (Lipinski definition) is 6. The van der Waals surface area contributed by atoms with Crippen LogP contribution in [0.3, 0.4) is 0 Å². The molecule has 0 atom stereocenters. The Balaban J connectivity index is 1.49. The molecule has 0 aliphatic heterocycles. The Morgan fingerprint density at radius 2 is 1.85 bits per heavy atom. The fraction of sp³-hybridized carbons (Fsp3) is 0.0800. The molecule has 0 bridgehead atoms. The maximum atomic E-state index is 11.8. The van der Waals surface area contributed by atoms with Crippen LogP contribution in [0, 0.1) is 6.92 Å². The summed E-state index contributed by atoms with van der Waals surface area (Å²) in [7, 11) is 0. The number of aryl methyl sites for hydroxylation is 1. The van der Waals surface area contributed by atoms with Crippen LogP contribution in [-0.4, -0.2) is 35.9 Å². The number of nitrogens with one attached hydrogen (secondary N) is 2. The molecule has 160 valence electrons. The Morgan fingerprint density at radius 1 is 0.970 bits per heavy atom. The van der Waals surface area contributed by atoms with E-state index in [1.165, 1.54) is 11.3 Å². The first kappa shape index (κ1) is 19.5. The average Bonchev–Trinajstić information content (AvgIpc) is 3.56. The number of aromatic nitrogens is 6. The van der Waals surface area contributed by atoms with E-state index < -0.39 is 0 Å². The number of fused-ring (bicyclic) bond motifs is 2. The topological polar surface area (TPSA) is 100 Å². The first-order chi connectivity index (χ1) is 16.1. The maximum absolute atomic E-state index is 11.8. The van der Waals surface area contributed by atoms with Gasteiger partial charge in [0, 0.05) is 57.1 Å². The second kappa shape index (κ2) is 7.46. The van der Waals surface area contributed by atoms with Gasteiger partial charge in [0.05, 0.1) is 28.0 Å². The lowest BCUT2D eigenvalue weighted by Gasteiger charge is -2.04. The van der Waals surface area contributed by atoms with E-state index in [2.05, 4.69) is 49.2 Å². The van der Waals surface area contributed by atoms with Crippen molar-refractivity contribution in [1.29, 1.82) is 0 Å². The van der Waals surface area contributed by atoms with Crippen molar-refractivity contribution in [1.82, 2.24) is 30.1 Å². The number of aromatic amines is 2. The highest BCUT2D eigenvalue weighted by Gasteiger charge is 2.16. The van der Waals surface area contributed by atoms with Crippen molar-refractivity contribution in [2.45, 2.75) is 13.8 Å². The van der Waals surface area contributed by atoms with Gasteiger partial charge in [-0.25, -0.2) is 4.98 Å². The number of carbonyl (C=O) groups excluding carboxylic acids is 1. The van der Waals surface area contributed by atoms with Gasteiger partial charge in [-0.2, -0.15) is 5.10 Å². The van der Waals surface area contributed by atoms with Gasteiger partial charge in [0.25, 0.3) is 0 Å². The van der Waals surface area contributed by atoms with Crippen LogP contribution in [0.5, 0.6) is 0 Å². The minimum absolute atomic E-state index is 0.0669. The van der Waals surface area contributed by atoms with E-state index >= 15 is 0 Å². The molecule has 8 heteroatoms. The third-order valence-electron chi connectivity index (χ3n) is 5.79. The van der Waals surface area contributed by atoms with Crippen molar-refractivity contribution >= 4 is 39.1 Å². The smallest absolute Gasteiger partial charge is 0.181 e. The van der Waals surface area contributed by atoms with Crippen molar-refractivity contribution < 1.29 is 4.79 Å². The van der Waals surface area contributed by atoms with Gasteiger partial charge in [-0.05, 0) is 49.7 Å². The molecule has 0 saturated carbocycles. The van der Waals surface area contributed by atoms with Crippen molar-refractivity contribution in [2.24, 2.45) is 0 Å². The number of Topliss-reactive ketones (excluding diaryl/α,β-unsaturated/α-hetero) is 1. The van der Waals surface area contributed by atoms with Gasteiger partial charge < -0.3 is 4.98 Å². The number of H-pyrrole nitrogens is 2. The van der Waals surface area contributed by atoms with Crippen LogP contribution in [0.2, 0.25) is 0 Å². The zero-order valence-corrected chi connectivity index (χ0v) is 18.7. The van der Waals surface area contributed by atoms with E-state index in [-0.39, 0.29) is 5.78 Å². The third-order valence-corrected chi connectivity index (χ3v) is 7.01. The van der Waals surface area contributed by atoms with E-state index in [0.29, 0.717) is 5.65 Å². The number of nitrogens with zero attached hydrogens (tertiary/aromatic N) is 4. The van der Waals surface area contributed by atoms with Crippen molar-refractivity contribution in [3.05, 3.63) is 71.8 Å². The van der Waals surface area contributed by atoms with Gasteiger partial charge in [0.15, 0.2) is 11.4 Å². The molecule has 0 aliphatic carbocycles. The molecule has 0 aromatic carbocycles. The predicted octanol–water partition coefficient (Wildman–Crippen LogP) is 5.80. The number of carbonyl (C=O) groups is 1. The zero-order chi connectivity index (χ0) is 22.5.